The van der Waals surface area contributed by atoms with E-state index in [0.717, 1.165) is 37.7 Å². The van der Waals surface area contributed by atoms with Gasteiger partial charge >= 0.3 is 0 Å². The molecule has 0 atom stereocenters. The molecule has 1 saturated heterocycles. The van der Waals surface area contributed by atoms with Gasteiger partial charge in [0, 0.05) is 20.1 Å². The number of allylic oxidation sites excluding steroid dienone is 2. The van der Waals surface area contributed by atoms with Crippen LogP contribution in [0.2, 0.25) is 0 Å². The Morgan fingerprint density at radius 2 is 2.07 bits per heavy atom. The average molecular weight is 194 g/mol. The van der Waals surface area contributed by atoms with Crippen molar-refractivity contribution in [1.82, 2.24) is 4.90 Å². The molecule has 3 heteroatoms. The Kier molecular flexibility index (Phi) is 4.40. The molecule has 0 N–H and O–H groups in total. The molecule has 1 heterocycles. The van der Waals surface area contributed by atoms with E-state index in [0.29, 0.717) is 0 Å². The van der Waals surface area contributed by atoms with Crippen LogP contribution in [0.4, 0.5) is 0 Å². The molecule has 0 aliphatic carbocycles. The van der Waals surface area contributed by atoms with Crippen molar-refractivity contribution in [3.8, 4) is 0 Å². The number of hydrogen-bond acceptors (Lipinski definition) is 2. The Bertz CT molecular complexity index is 250. The number of aliphatic imine (C=N–C) groups is 1. The monoisotopic (exact) mass is 194 g/mol. The lowest BCUT2D eigenvalue weighted by Crippen LogP contribution is -2.41. The number of amidine groups is 1. The molecule has 0 radical (unpaired) electrons. The first-order chi connectivity index (χ1) is 6.79. The maximum absolute atomic E-state index is 5.30. The van der Waals surface area contributed by atoms with Gasteiger partial charge < -0.3 is 9.64 Å². The van der Waals surface area contributed by atoms with Gasteiger partial charge in [-0.2, -0.15) is 0 Å². The molecule has 0 aromatic carbocycles. The lowest BCUT2D eigenvalue weighted by Gasteiger charge is -2.30. The topological polar surface area (TPSA) is 24.8 Å². The van der Waals surface area contributed by atoms with E-state index in [2.05, 4.69) is 23.4 Å². The van der Waals surface area contributed by atoms with Gasteiger partial charge in [-0.25, -0.2) is 0 Å². The Morgan fingerprint density at radius 1 is 1.43 bits per heavy atom. The standard InChI is InChI=1S/C11H18N2O/c1-4-5-10(2)11(12-3)13-6-8-14-9-7-13/h4-5H,1,6-9H2,2-3H3/b10-5+,12-11+. The molecule has 1 aliphatic heterocycles. The average Bonchev–Trinajstić information content (AvgIpc) is 2.21. The van der Waals surface area contributed by atoms with Crippen LogP contribution < -0.4 is 0 Å². The molecule has 0 amide bonds. The first-order valence-corrected chi connectivity index (χ1v) is 4.88. The molecule has 14 heavy (non-hydrogen) atoms. The molecule has 78 valence electrons. The van der Waals surface area contributed by atoms with Crippen LogP contribution in [0.15, 0.2) is 29.3 Å². The third-order valence-electron chi connectivity index (χ3n) is 2.24. The Labute approximate surface area is 85.8 Å². The van der Waals surface area contributed by atoms with Gasteiger partial charge in [-0.05, 0) is 12.5 Å². The Morgan fingerprint density at radius 3 is 2.57 bits per heavy atom. The van der Waals surface area contributed by atoms with Crippen LogP contribution in [-0.4, -0.2) is 44.1 Å². The maximum Gasteiger partial charge on any atom is 0.126 e. The summed E-state index contributed by atoms with van der Waals surface area (Å²) in [4.78, 5) is 6.55. The van der Waals surface area contributed by atoms with Crippen molar-refractivity contribution < 1.29 is 4.74 Å². The Hall–Kier alpha value is -1.09. The van der Waals surface area contributed by atoms with Crippen molar-refractivity contribution in [2.45, 2.75) is 6.92 Å². The largest absolute Gasteiger partial charge is 0.378 e. The van der Waals surface area contributed by atoms with E-state index in [1.165, 1.54) is 0 Å². The van der Waals surface area contributed by atoms with Crippen LogP contribution in [0.3, 0.4) is 0 Å². The van der Waals surface area contributed by atoms with Gasteiger partial charge in [0.15, 0.2) is 0 Å². The van der Waals surface area contributed by atoms with Gasteiger partial charge in [0.2, 0.25) is 0 Å². The fourth-order valence-electron chi connectivity index (χ4n) is 1.59. The molecular formula is C11H18N2O. The zero-order valence-electron chi connectivity index (χ0n) is 8.99. The van der Waals surface area contributed by atoms with Gasteiger partial charge in [0.25, 0.3) is 0 Å². The molecule has 1 fully saturated rings. The van der Waals surface area contributed by atoms with Crippen LogP contribution in [0, 0.1) is 0 Å². The SMILES string of the molecule is C=C/C=C(C)/C(=N\C)N1CCOCC1. The molecule has 0 saturated carbocycles. The van der Waals surface area contributed by atoms with Crippen LogP contribution >= 0.6 is 0 Å². The summed E-state index contributed by atoms with van der Waals surface area (Å²) < 4.78 is 5.30. The summed E-state index contributed by atoms with van der Waals surface area (Å²) >= 11 is 0. The Balaban J connectivity index is 2.70. The zero-order chi connectivity index (χ0) is 10.4. The fourth-order valence-corrected chi connectivity index (χ4v) is 1.59. The number of ether oxygens (including phenoxy) is 1. The second-order valence-corrected chi connectivity index (χ2v) is 3.23. The van der Waals surface area contributed by atoms with Crippen molar-refractivity contribution in [2.75, 3.05) is 33.4 Å². The minimum atomic E-state index is 0.792. The molecule has 0 unspecified atom stereocenters. The molecule has 0 aromatic rings. The third-order valence-corrected chi connectivity index (χ3v) is 2.24. The molecule has 3 nitrogen and oxygen atoms in total. The second kappa shape index (κ2) is 5.60. The van der Waals surface area contributed by atoms with Crippen LogP contribution in [0.5, 0.6) is 0 Å². The first-order valence-electron chi connectivity index (χ1n) is 4.88. The van der Waals surface area contributed by atoms with Gasteiger partial charge in [0.05, 0.1) is 13.2 Å². The van der Waals surface area contributed by atoms with E-state index < -0.39 is 0 Å². The highest BCUT2D eigenvalue weighted by molar-refractivity contribution is 5.98. The lowest BCUT2D eigenvalue weighted by molar-refractivity contribution is 0.0681. The second-order valence-electron chi connectivity index (χ2n) is 3.23. The number of hydrogen-bond donors (Lipinski definition) is 0. The summed E-state index contributed by atoms with van der Waals surface area (Å²) in [5.41, 5.74) is 1.16. The van der Waals surface area contributed by atoms with Gasteiger partial charge in [0.1, 0.15) is 5.84 Å². The quantitative estimate of drug-likeness (QED) is 0.378. The van der Waals surface area contributed by atoms with Crippen LogP contribution in [0.25, 0.3) is 0 Å². The van der Waals surface area contributed by atoms with Gasteiger partial charge in [-0.3, -0.25) is 4.99 Å². The van der Waals surface area contributed by atoms with E-state index in [4.69, 9.17) is 4.74 Å². The maximum atomic E-state index is 5.30. The summed E-state index contributed by atoms with van der Waals surface area (Å²) in [6, 6.07) is 0. The molecule has 1 aliphatic rings. The van der Waals surface area contributed by atoms with E-state index >= 15 is 0 Å². The number of morpholine rings is 1. The molecule has 1 rings (SSSR count). The van der Waals surface area contributed by atoms with Crippen molar-refractivity contribution in [3.63, 3.8) is 0 Å². The highest BCUT2D eigenvalue weighted by Gasteiger charge is 2.15. The van der Waals surface area contributed by atoms with Crippen molar-refractivity contribution >= 4 is 5.84 Å². The zero-order valence-corrected chi connectivity index (χ0v) is 8.99. The number of rotatable bonds is 2. The summed E-state index contributed by atoms with van der Waals surface area (Å²) in [7, 11) is 1.82. The first kappa shape index (κ1) is 11.0. The number of nitrogens with zero attached hydrogens (tertiary/aromatic N) is 2. The van der Waals surface area contributed by atoms with Crippen LogP contribution in [0.1, 0.15) is 6.92 Å². The van der Waals surface area contributed by atoms with E-state index in [1.807, 2.05) is 13.1 Å². The summed E-state index contributed by atoms with van der Waals surface area (Å²) in [6.07, 6.45) is 3.78. The van der Waals surface area contributed by atoms with Crippen molar-refractivity contribution in [2.24, 2.45) is 4.99 Å². The summed E-state index contributed by atoms with van der Waals surface area (Å²) in [5, 5.41) is 0. The lowest BCUT2D eigenvalue weighted by atomic mass is 10.2. The fraction of sp³-hybridized carbons (Fsp3) is 0.545. The smallest absolute Gasteiger partial charge is 0.126 e. The van der Waals surface area contributed by atoms with Crippen molar-refractivity contribution in [3.05, 3.63) is 24.3 Å². The van der Waals surface area contributed by atoms with Crippen LogP contribution in [-0.2, 0) is 4.74 Å². The van der Waals surface area contributed by atoms with E-state index in [9.17, 15) is 0 Å². The predicted molar refractivity (Wildman–Crippen MR) is 59.7 cm³/mol. The summed E-state index contributed by atoms with van der Waals surface area (Å²) in [6.45, 7) is 9.18. The minimum Gasteiger partial charge on any atom is -0.378 e. The van der Waals surface area contributed by atoms with E-state index in [-0.39, 0.29) is 0 Å². The van der Waals surface area contributed by atoms with Crippen molar-refractivity contribution in [1.29, 1.82) is 0 Å². The minimum absolute atomic E-state index is 0.792. The predicted octanol–water partition coefficient (Wildman–Crippen LogP) is 1.48. The molecule has 0 aromatic heterocycles. The molecular weight excluding hydrogens is 176 g/mol. The third kappa shape index (κ3) is 2.70. The van der Waals surface area contributed by atoms with E-state index in [1.54, 1.807) is 6.08 Å². The molecule has 0 spiro atoms. The normalized spacial score (nSPS) is 19.7. The van der Waals surface area contributed by atoms with Gasteiger partial charge in [-0.1, -0.05) is 18.7 Å². The highest BCUT2D eigenvalue weighted by Crippen LogP contribution is 2.06. The highest BCUT2D eigenvalue weighted by atomic mass is 16.5. The van der Waals surface area contributed by atoms with Gasteiger partial charge in [-0.15, -0.1) is 0 Å². The summed E-state index contributed by atoms with van der Waals surface area (Å²) in [5.74, 6) is 1.05. The molecule has 0 bridgehead atoms.